The van der Waals surface area contributed by atoms with Crippen molar-refractivity contribution in [2.75, 3.05) is 41.6 Å². The smallest absolute Gasteiger partial charge is 0.263 e. The Morgan fingerprint density at radius 1 is 0.494 bits per heavy atom. The Balaban J connectivity index is 0.000000146. The highest BCUT2D eigenvalue weighted by Crippen LogP contribution is 2.37. The van der Waals surface area contributed by atoms with Crippen LogP contribution < -0.4 is 39.6 Å². The summed E-state index contributed by atoms with van der Waals surface area (Å²) in [4.78, 5) is 44.0. The molecule has 6 N–H and O–H groups in total. The van der Waals surface area contributed by atoms with Gasteiger partial charge in [0.1, 0.15) is 0 Å². The number of fused-ring (bicyclic) bond motifs is 3. The van der Waals surface area contributed by atoms with E-state index in [0.717, 1.165) is 33.3 Å². The maximum absolute atomic E-state index is 13.2. The predicted octanol–water partition coefficient (Wildman–Crippen LogP) is 11.3. The Morgan fingerprint density at radius 3 is 1.47 bits per heavy atom. The first-order valence-corrected chi connectivity index (χ1v) is 31.6. The lowest BCUT2D eigenvalue weighted by Gasteiger charge is -2.11. The number of nitrogens with one attached hydrogen (secondary N) is 6. The Labute approximate surface area is 505 Å². The first kappa shape index (κ1) is 59.9. The second kappa shape index (κ2) is 26.4. The molecule has 7 aromatic carbocycles. The molecule has 0 atom stereocenters. The molecule has 0 saturated carbocycles. The van der Waals surface area contributed by atoms with Gasteiger partial charge in [-0.2, -0.15) is 0 Å². The second-order valence-electron chi connectivity index (χ2n) is 18.8. The van der Waals surface area contributed by atoms with E-state index in [2.05, 4.69) is 51.6 Å². The highest BCUT2D eigenvalue weighted by molar-refractivity contribution is 7.93. The van der Waals surface area contributed by atoms with Gasteiger partial charge in [-0.3, -0.25) is 19.3 Å². The minimum atomic E-state index is -3.64. The summed E-state index contributed by atoms with van der Waals surface area (Å²) in [6, 6.07) is 55.6. The third-order valence-electron chi connectivity index (χ3n) is 13.2. The van der Waals surface area contributed by atoms with Crippen molar-refractivity contribution in [3.05, 3.63) is 241 Å². The minimum absolute atomic E-state index is 0.113. The first-order chi connectivity index (χ1) is 42.0. The van der Waals surface area contributed by atoms with E-state index in [9.17, 15) is 34.8 Å². The number of thiazole rings is 1. The molecule has 87 heavy (non-hydrogen) atoms. The van der Waals surface area contributed by atoms with Crippen molar-refractivity contribution in [2.45, 2.75) is 14.7 Å². The third-order valence-corrected chi connectivity index (χ3v) is 18.2. The number of anilines is 4. The SMILES string of the molecule is C=C(Nc1ccc(S(=O)(=O)Nc2nccs2)cc1)c1ccncc1.CNS(=O)(=O)c1ccc(NC(=O)c2cc(-c3ccc4c(c3)OCO4)nc3ccccc23)cc1.CNS(=O)(=O)c1ccc(NC(=O)c2cc(-c3ccccc3)nc3ccccc23)cc1. The van der Waals surface area contributed by atoms with Crippen molar-refractivity contribution < 1.29 is 44.3 Å². The Hall–Kier alpha value is -10.2. The summed E-state index contributed by atoms with van der Waals surface area (Å²) in [5.74, 6) is 0.668. The van der Waals surface area contributed by atoms with E-state index in [0.29, 0.717) is 67.1 Å². The monoisotopic (exact) mass is 1240 g/mol. The largest absolute Gasteiger partial charge is 0.454 e. The normalized spacial score (nSPS) is 11.7. The predicted molar refractivity (Wildman–Crippen MR) is 338 cm³/mol. The number of carbonyl (C=O) groups is 2. The van der Waals surface area contributed by atoms with Gasteiger partial charge in [-0.25, -0.2) is 49.6 Å². The van der Waals surface area contributed by atoms with E-state index in [-0.39, 0.29) is 33.3 Å². The molecule has 0 saturated heterocycles. The molecule has 0 bridgehead atoms. The minimum Gasteiger partial charge on any atom is -0.454 e. The molecule has 0 unspecified atom stereocenters. The fraction of sp³-hybridized carbons (Fsp3) is 0.0476. The summed E-state index contributed by atoms with van der Waals surface area (Å²) >= 11 is 1.22. The highest BCUT2D eigenvalue weighted by atomic mass is 32.2. The molecule has 1 aliphatic heterocycles. The number of pyridine rings is 3. The second-order valence-corrected chi connectivity index (χ2v) is 25.1. The van der Waals surface area contributed by atoms with Crippen LogP contribution in [0.5, 0.6) is 11.5 Å². The number of benzene rings is 7. The van der Waals surface area contributed by atoms with Gasteiger partial charge in [0.15, 0.2) is 16.6 Å². The summed E-state index contributed by atoms with van der Waals surface area (Å²) in [6.45, 7) is 4.14. The molecule has 1 aliphatic rings. The van der Waals surface area contributed by atoms with Gasteiger partial charge in [0.05, 0.1) is 48.2 Å². The Bertz CT molecular complexity index is 4670. The molecule has 0 radical (unpaired) electrons. The van der Waals surface area contributed by atoms with Gasteiger partial charge in [0.2, 0.25) is 26.8 Å². The van der Waals surface area contributed by atoms with Crippen LogP contribution in [0.1, 0.15) is 26.3 Å². The molecule has 0 spiro atoms. The molecule has 11 aromatic rings. The fourth-order valence-corrected chi connectivity index (χ4v) is 12.0. The molecule has 438 valence electrons. The van der Waals surface area contributed by atoms with Gasteiger partial charge in [-0.05, 0) is 141 Å². The summed E-state index contributed by atoms with van der Waals surface area (Å²) < 4.78 is 89.9. The van der Waals surface area contributed by atoms with E-state index >= 15 is 0 Å². The van der Waals surface area contributed by atoms with Gasteiger partial charge >= 0.3 is 0 Å². The number of rotatable bonds is 16. The molecule has 24 heteroatoms. The van der Waals surface area contributed by atoms with Gasteiger partial charge in [0, 0.05) is 74.2 Å². The standard InChI is InChI=1S/C24H19N3O5S.C23H19N3O3S.C16H14N4O2S2/c1-25-33(29,30)17-9-7-16(8-10-17)26-24(28)19-13-21(27-20-5-3-2-4-18(19)20)15-6-11-22-23(12-15)32-14-31-22;1-24-30(28,29)18-13-11-17(12-14-18)25-23(27)20-15-22(16-7-3-2-4-8-16)26-21-10-6-5-9-19(20)21;1-12(13-6-8-17-9-7-13)19-14-2-4-15(5-3-14)24(21,22)20-16-18-10-11-23-16/h2-13,25H,14H2,1H3,(H,26,28);2-15,24H,1H3,(H,25,27);2-11,19H,1H2,(H,18,20). The zero-order valence-electron chi connectivity index (χ0n) is 46.2. The van der Waals surface area contributed by atoms with Crippen LogP contribution in [-0.4, -0.2) is 77.9 Å². The molecule has 0 fully saturated rings. The maximum atomic E-state index is 13.2. The van der Waals surface area contributed by atoms with Crippen LogP contribution in [0.2, 0.25) is 0 Å². The Morgan fingerprint density at radius 2 is 0.966 bits per heavy atom. The van der Waals surface area contributed by atoms with Crippen LogP contribution in [-0.2, 0) is 30.1 Å². The molecule has 12 rings (SSSR count). The highest BCUT2D eigenvalue weighted by Gasteiger charge is 2.21. The number of hydrogen-bond donors (Lipinski definition) is 6. The van der Waals surface area contributed by atoms with Crippen molar-refractivity contribution in [3.63, 3.8) is 0 Å². The number of sulfonamides is 3. The zero-order chi connectivity index (χ0) is 61.1. The van der Waals surface area contributed by atoms with E-state index in [1.807, 2.05) is 109 Å². The summed E-state index contributed by atoms with van der Waals surface area (Å²) in [5, 5.41) is 12.3. The van der Waals surface area contributed by atoms with Crippen molar-refractivity contribution in [1.29, 1.82) is 0 Å². The lowest BCUT2D eigenvalue weighted by atomic mass is 10.0. The van der Waals surface area contributed by atoms with Gasteiger partial charge in [-0.1, -0.05) is 73.3 Å². The number of ether oxygens (including phenoxy) is 2. The van der Waals surface area contributed by atoms with Gasteiger partial charge in [-0.15, -0.1) is 11.3 Å². The molecule has 5 heterocycles. The topological polar surface area (TPSA) is 279 Å². The summed E-state index contributed by atoms with van der Waals surface area (Å²) in [7, 11) is -8.03. The summed E-state index contributed by atoms with van der Waals surface area (Å²) in [5.41, 5.74) is 8.69. The molecule has 0 aliphatic carbocycles. The fourth-order valence-electron chi connectivity index (χ4n) is 8.72. The average Bonchev–Trinajstić information content (AvgIpc) is 2.76. The number of para-hydroxylation sites is 2. The lowest BCUT2D eigenvalue weighted by Crippen LogP contribution is -2.18. The van der Waals surface area contributed by atoms with E-state index < -0.39 is 30.1 Å². The van der Waals surface area contributed by atoms with Crippen LogP contribution in [0.25, 0.3) is 50.0 Å². The molecule has 20 nitrogen and oxygen atoms in total. The van der Waals surface area contributed by atoms with Crippen LogP contribution in [0, 0.1) is 0 Å². The number of carbonyl (C=O) groups excluding carboxylic acids is 2. The van der Waals surface area contributed by atoms with Crippen molar-refractivity contribution in [2.24, 2.45) is 0 Å². The zero-order valence-corrected chi connectivity index (χ0v) is 49.5. The van der Waals surface area contributed by atoms with E-state index in [1.165, 1.54) is 61.8 Å². The Kier molecular flexibility index (Phi) is 18.2. The quantitative estimate of drug-likeness (QED) is 0.0525. The van der Waals surface area contributed by atoms with Crippen molar-refractivity contribution >= 4 is 103 Å². The van der Waals surface area contributed by atoms with Gasteiger partial charge in [0.25, 0.3) is 21.8 Å². The molecular weight excluding hydrogens is 1190 g/mol. The van der Waals surface area contributed by atoms with Crippen molar-refractivity contribution in [3.8, 4) is 34.0 Å². The van der Waals surface area contributed by atoms with Crippen LogP contribution in [0.4, 0.5) is 22.2 Å². The van der Waals surface area contributed by atoms with Crippen LogP contribution in [0.3, 0.4) is 0 Å². The molecular formula is C63H52N10O10S4. The van der Waals surface area contributed by atoms with E-state index in [1.54, 1.807) is 72.5 Å². The lowest BCUT2D eigenvalue weighted by molar-refractivity contribution is 0.102. The number of nitrogens with zero attached hydrogens (tertiary/aromatic N) is 4. The molecule has 4 aromatic heterocycles. The number of aromatic nitrogens is 4. The van der Waals surface area contributed by atoms with Crippen LogP contribution in [0.15, 0.2) is 239 Å². The van der Waals surface area contributed by atoms with E-state index in [4.69, 9.17) is 14.5 Å². The number of amides is 2. The maximum Gasteiger partial charge on any atom is 0.263 e. The number of hydrogen-bond acceptors (Lipinski definition) is 16. The molecule has 2 amide bonds. The summed E-state index contributed by atoms with van der Waals surface area (Å²) in [6.07, 6.45) is 4.91. The average molecular weight is 1240 g/mol. The first-order valence-electron chi connectivity index (χ1n) is 26.3. The van der Waals surface area contributed by atoms with Crippen molar-refractivity contribution in [1.82, 2.24) is 29.4 Å². The third kappa shape index (κ3) is 14.5. The van der Waals surface area contributed by atoms with Gasteiger partial charge < -0.3 is 25.4 Å². The van der Waals surface area contributed by atoms with Crippen LogP contribution >= 0.6 is 11.3 Å².